The molecular formula is C7H14N2. The van der Waals surface area contributed by atoms with E-state index in [4.69, 9.17) is 5.73 Å². The fourth-order valence-corrected chi connectivity index (χ4v) is 0.565. The largest absolute Gasteiger partial charge is 0.405 e. The van der Waals surface area contributed by atoms with Gasteiger partial charge >= 0.3 is 0 Å². The van der Waals surface area contributed by atoms with Gasteiger partial charge in [0.05, 0.1) is 0 Å². The van der Waals surface area contributed by atoms with Gasteiger partial charge in [-0.15, -0.1) is 0 Å². The predicted molar refractivity (Wildman–Crippen MR) is 40.8 cm³/mol. The molecule has 0 amide bonds. The second kappa shape index (κ2) is 5.22. The van der Waals surface area contributed by atoms with E-state index >= 15 is 0 Å². The Labute approximate surface area is 56.4 Å². The van der Waals surface area contributed by atoms with Gasteiger partial charge in [0.15, 0.2) is 0 Å². The van der Waals surface area contributed by atoms with E-state index in [-0.39, 0.29) is 0 Å². The minimum Gasteiger partial charge on any atom is -0.405 e. The van der Waals surface area contributed by atoms with Crippen LogP contribution in [0.4, 0.5) is 0 Å². The first-order chi connectivity index (χ1) is 4.35. The lowest BCUT2D eigenvalue weighted by Gasteiger charge is -2.00. The van der Waals surface area contributed by atoms with Crippen molar-refractivity contribution in [2.75, 3.05) is 6.54 Å². The highest BCUT2D eigenvalue weighted by Gasteiger charge is 1.81. The van der Waals surface area contributed by atoms with E-state index in [0.717, 1.165) is 12.2 Å². The molecule has 0 bridgehead atoms. The van der Waals surface area contributed by atoms with Gasteiger partial charge in [-0.1, -0.05) is 6.08 Å². The van der Waals surface area contributed by atoms with Crippen LogP contribution in [0.15, 0.2) is 24.0 Å². The number of hydrogen-bond acceptors (Lipinski definition) is 2. The third-order valence-electron chi connectivity index (χ3n) is 0.968. The number of allylic oxidation sites excluding steroid dienone is 2. The first-order valence-corrected chi connectivity index (χ1v) is 3.13. The molecule has 0 spiro atoms. The Kier molecular flexibility index (Phi) is 4.69. The van der Waals surface area contributed by atoms with Crippen LogP contribution in [0, 0.1) is 0 Å². The molecule has 0 aliphatic rings. The van der Waals surface area contributed by atoms with Crippen LogP contribution in [0.1, 0.15) is 13.8 Å². The molecule has 0 radical (unpaired) electrons. The normalized spacial score (nSPS) is 12.4. The molecule has 9 heavy (non-hydrogen) atoms. The first-order valence-electron chi connectivity index (χ1n) is 3.13. The van der Waals surface area contributed by atoms with Crippen LogP contribution in [0.25, 0.3) is 0 Å². The zero-order chi connectivity index (χ0) is 7.11. The van der Waals surface area contributed by atoms with Crippen molar-refractivity contribution >= 4 is 0 Å². The maximum atomic E-state index is 5.17. The fraction of sp³-hybridized carbons (Fsp3) is 0.429. The summed E-state index contributed by atoms with van der Waals surface area (Å²) in [6.45, 7) is 4.95. The molecular weight excluding hydrogens is 112 g/mol. The maximum absolute atomic E-state index is 5.17. The zero-order valence-corrected chi connectivity index (χ0v) is 6.02. The van der Waals surface area contributed by atoms with Crippen molar-refractivity contribution in [3.05, 3.63) is 24.0 Å². The van der Waals surface area contributed by atoms with Gasteiger partial charge in [-0.3, -0.25) is 0 Å². The van der Waals surface area contributed by atoms with Gasteiger partial charge in [-0.2, -0.15) is 0 Å². The molecule has 0 saturated carbocycles. The van der Waals surface area contributed by atoms with Crippen LogP contribution in [0.3, 0.4) is 0 Å². The highest BCUT2D eigenvalue weighted by atomic mass is 14.9. The zero-order valence-electron chi connectivity index (χ0n) is 6.02. The molecule has 0 saturated heterocycles. The van der Waals surface area contributed by atoms with Gasteiger partial charge < -0.3 is 11.1 Å². The number of nitrogens with two attached hydrogens (primary N) is 1. The summed E-state index contributed by atoms with van der Waals surface area (Å²) in [5.41, 5.74) is 6.24. The molecule has 0 fully saturated rings. The van der Waals surface area contributed by atoms with Gasteiger partial charge in [-0.05, 0) is 26.1 Å². The van der Waals surface area contributed by atoms with Crippen molar-refractivity contribution < 1.29 is 0 Å². The average Bonchev–Trinajstić information content (AvgIpc) is 1.88. The van der Waals surface area contributed by atoms with Crippen molar-refractivity contribution in [1.29, 1.82) is 0 Å². The number of hydrogen-bond donors (Lipinski definition) is 2. The van der Waals surface area contributed by atoms with Crippen LogP contribution in [-0.2, 0) is 0 Å². The molecule has 3 N–H and O–H groups in total. The SMILES string of the molecule is C/C=C(\C=C/N)NCC. The Balaban J connectivity index is 3.70. The first kappa shape index (κ1) is 8.08. The highest BCUT2D eigenvalue weighted by Crippen LogP contribution is 1.87. The lowest BCUT2D eigenvalue weighted by atomic mass is 10.4. The van der Waals surface area contributed by atoms with E-state index < -0.39 is 0 Å². The summed E-state index contributed by atoms with van der Waals surface area (Å²) in [6, 6.07) is 0. The van der Waals surface area contributed by atoms with Crippen LogP contribution in [0.2, 0.25) is 0 Å². The molecule has 2 heteroatoms. The lowest BCUT2D eigenvalue weighted by molar-refractivity contribution is 0.875. The molecule has 0 aromatic heterocycles. The van der Waals surface area contributed by atoms with E-state index in [0.29, 0.717) is 0 Å². The molecule has 0 aromatic rings. The van der Waals surface area contributed by atoms with Gasteiger partial charge in [0.1, 0.15) is 0 Å². The summed E-state index contributed by atoms with van der Waals surface area (Å²) in [5.74, 6) is 0. The van der Waals surface area contributed by atoms with Crippen LogP contribution in [0.5, 0.6) is 0 Å². The predicted octanol–water partition coefficient (Wildman–Crippen LogP) is 0.972. The number of rotatable bonds is 3. The van der Waals surface area contributed by atoms with Gasteiger partial charge in [0.2, 0.25) is 0 Å². The van der Waals surface area contributed by atoms with Crippen molar-refractivity contribution in [3.63, 3.8) is 0 Å². The summed E-state index contributed by atoms with van der Waals surface area (Å²) in [7, 11) is 0. The van der Waals surface area contributed by atoms with Crippen molar-refractivity contribution in [2.45, 2.75) is 13.8 Å². The van der Waals surface area contributed by atoms with E-state index in [1.54, 1.807) is 0 Å². The van der Waals surface area contributed by atoms with E-state index in [1.807, 2.05) is 26.0 Å². The topological polar surface area (TPSA) is 38.0 Å². The highest BCUT2D eigenvalue weighted by molar-refractivity contribution is 5.14. The van der Waals surface area contributed by atoms with Crippen LogP contribution in [-0.4, -0.2) is 6.54 Å². The summed E-state index contributed by atoms with van der Waals surface area (Å²) in [5, 5.41) is 3.13. The Hall–Kier alpha value is -0.920. The molecule has 0 unspecified atom stereocenters. The molecule has 0 aliphatic carbocycles. The van der Waals surface area contributed by atoms with E-state index in [1.165, 1.54) is 6.20 Å². The van der Waals surface area contributed by atoms with Gasteiger partial charge in [0, 0.05) is 12.2 Å². The molecule has 0 aromatic carbocycles. The third kappa shape index (κ3) is 3.64. The fourth-order valence-electron chi connectivity index (χ4n) is 0.565. The second-order valence-corrected chi connectivity index (χ2v) is 1.63. The summed E-state index contributed by atoms with van der Waals surface area (Å²) >= 11 is 0. The smallest absolute Gasteiger partial charge is 0.0311 e. The lowest BCUT2D eigenvalue weighted by Crippen LogP contribution is -2.09. The molecule has 0 heterocycles. The van der Waals surface area contributed by atoms with E-state index in [9.17, 15) is 0 Å². The quantitative estimate of drug-likeness (QED) is 0.553. The second-order valence-electron chi connectivity index (χ2n) is 1.63. The van der Waals surface area contributed by atoms with Crippen LogP contribution < -0.4 is 11.1 Å². The van der Waals surface area contributed by atoms with Gasteiger partial charge in [0.25, 0.3) is 0 Å². The Morgan fingerprint density at radius 3 is 2.67 bits per heavy atom. The molecule has 0 aliphatic heterocycles. The standard InChI is InChI=1S/C7H14N2/c1-3-7(5-6-8)9-4-2/h3,5-6,9H,4,8H2,1-2H3/b6-5-,7-3+. The summed E-state index contributed by atoms with van der Waals surface area (Å²) < 4.78 is 0. The van der Waals surface area contributed by atoms with Gasteiger partial charge in [-0.25, -0.2) is 0 Å². The number of nitrogens with one attached hydrogen (secondary N) is 1. The van der Waals surface area contributed by atoms with E-state index in [2.05, 4.69) is 5.32 Å². The van der Waals surface area contributed by atoms with Crippen molar-refractivity contribution in [3.8, 4) is 0 Å². The Morgan fingerprint density at radius 2 is 2.33 bits per heavy atom. The minimum atomic E-state index is 0.935. The molecule has 0 atom stereocenters. The minimum absolute atomic E-state index is 0.935. The van der Waals surface area contributed by atoms with Crippen molar-refractivity contribution in [2.24, 2.45) is 5.73 Å². The molecule has 52 valence electrons. The maximum Gasteiger partial charge on any atom is 0.0311 e. The summed E-state index contributed by atoms with van der Waals surface area (Å²) in [4.78, 5) is 0. The summed E-state index contributed by atoms with van der Waals surface area (Å²) in [6.07, 6.45) is 5.34. The Morgan fingerprint density at radius 1 is 1.67 bits per heavy atom. The Bertz CT molecular complexity index is 114. The molecule has 2 nitrogen and oxygen atoms in total. The monoisotopic (exact) mass is 126 g/mol. The van der Waals surface area contributed by atoms with Crippen molar-refractivity contribution in [1.82, 2.24) is 5.32 Å². The number of likely N-dealkylation sites (N-methyl/N-ethyl adjacent to an activating group) is 1. The van der Waals surface area contributed by atoms with Crippen LogP contribution >= 0.6 is 0 Å². The third-order valence-corrected chi connectivity index (χ3v) is 0.968. The average molecular weight is 126 g/mol. The molecule has 0 rings (SSSR count).